The number of ether oxygens (including phenoxy) is 2. The van der Waals surface area contributed by atoms with Crippen molar-refractivity contribution in [1.82, 2.24) is 14.8 Å². The van der Waals surface area contributed by atoms with E-state index in [1.165, 1.54) is 61.7 Å². The molecule has 10 nitrogen and oxygen atoms in total. The number of anilines is 1. The molecule has 0 bridgehead atoms. The third-order valence-corrected chi connectivity index (χ3v) is 9.37. The number of aromatic nitrogens is 1. The van der Waals surface area contributed by atoms with Crippen LogP contribution in [0, 0.1) is 0 Å². The third kappa shape index (κ3) is 4.11. The molecule has 2 aliphatic heterocycles. The number of sulfonamides is 1. The lowest BCUT2D eigenvalue weighted by Gasteiger charge is -2.41. The summed E-state index contributed by atoms with van der Waals surface area (Å²) in [7, 11) is 1.79. The molecule has 0 radical (unpaired) electrons. The number of likely N-dealkylation sites (tertiary alicyclic amines) is 1. The predicted molar refractivity (Wildman–Crippen MR) is 149 cm³/mol. The van der Waals surface area contributed by atoms with Crippen LogP contribution in [0.3, 0.4) is 0 Å². The second kappa shape index (κ2) is 10.4. The fraction of sp³-hybridized carbons (Fsp3) is 0.321. The van der Waals surface area contributed by atoms with Gasteiger partial charge in [0.15, 0.2) is 5.54 Å². The Morgan fingerprint density at radius 3 is 2.45 bits per heavy atom. The Balaban J connectivity index is 1.83. The molecule has 5 rings (SSSR count). The summed E-state index contributed by atoms with van der Waals surface area (Å²) in [5.74, 6) is -0.373. The van der Waals surface area contributed by atoms with E-state index < -0.39 is 27.5 Å². The average Bonchev–Trinajstić information content (AvgIpc) is 3.53. The highest BCUT2D eigenvalue weighted by molar-refractivity contribution is 7.93. The van der Waals surface area contributed by atoms with Gasteiger partial charge in [-0.3, -0.25) is 14.5 Å². The average molecular weight is 585 g/mol. The first kappa shape index (κ1) is 27.9. The Morgan fingerprint density at radius 1 is 1.07 bits per heavy atom. The Morgan fingerprint density at radius 2 is 1.80 bits per heavy atom. The van der Waals surface area contributed by atoms with Gasteiger partial charge in [0.25, 0.3) is 15.9 Å². The third-order valence-electron chi connectivity index (χ3n) is 7.42. The first-order chi connectivity index (χ1) is 19.1. The topological polar surface area (TPSA) is 109 Å². The van der Waals surface area contributed by atoms with Crippen LogP contribution in [0.5, 0.6) is 11.6 Å². The van der Waals surface area contributed by atoms with E-state index in [1.807, 2.05) is 0 Å². The number of carbonyl (C=O) groups excluding carboxylic acids is 2. The minimum Gasteiger partial charge on any atom is -0.497 e. The van der Waals surface area contributed by atoms with Gasteiger partial charge in [-0.2, -0.15) is 0 Å². The lowest BCUT2D eigenvalue weighted by atomic mass is 9.81. The van der Waals surface area contributed by atoms with Crippen molar-refractivity contribution in [2.24, 2.45) is 0 Å². The van der Waals surface area contributed by atoms with Crippen LogP contribution in [0.25, 0.3) is 0 Å². The number of benzene rings is 2. The summed E-state index contributed by atoms with van der Waals surface area (Å²) in [5, 5.41) is 0.303. The van der Waals surface area contributed by atoms with Gasteiger partial charge in [0.2, 0.25) is 11.8 Å². The quantitative estimate of drug-likeness (QED) is 0.416. The highest BCUT2D eigenvalue weighted by atomic mass is 35.5. The minimum atomic E-state index is -4.42. The molecule has 0 aliphatic carbocycles. The smallest absolute Gasteiger partial charge is 0.271 e. The zero-order valence-electron chi connectivity index (χ0n) is 22.5. The van der Waals surface area contributed by atoms with Gasteiger partial charge in [0.1, 0.15) is 5.75 Å². The largest absolute Gasteiger partial charge is 0.497 e. The molecule has 0 spiro atoms. The molecular formula is C28H29ClN4O6S. The van der Waals surface area contributed by atoms with Crippen molar-refractivity contribution in [3.05, 3.63) is 76.9 Å². The molecule has 1 aromatic heterocycles. The molecule has 2 atom stereocenters. The van der Waals surface area contributed by atoms with Crippen LogP contribution in [-0.2, 0) is 25.2 Å². The van der Waals surface area contributed by atoms with Crippen LogP contribution in [0.4, 0.5) is 5.69 Å². The maximum absolute atomic E-state index is 15.0. The number of amides is 2. The van der Waals surface area contributed by atoms with Gasteiger partial charge < -0.3 is 14.4 Å². The predicted octanol–water partition coefficient (Wildman–Crippen LogP) is 3.28. The van der Waals surface area contributed by atoms with Gasteiger partial charge in [-0.25, -0.2) is 17.7 Å². The standard InChI is InChI=1S/C28H29ClN4O6S/c1-31(2)26(34)24-8-6-16-32(24)28(21-7-5-15-30-25(21)39-4)22-17-18(29)9-14-23(22)33(27(28)35)40(36,37)20-12-10-19(38-3)11-13-20/h5,7,9-15,17,24H,6,8,16H2,1-4H3/t24?,28-/m1/s1. The van der Waals surface area contributed by atoms with Gasteiger partial charge >= 0.3 is 0 Å². The Labute approximate surface area is 238 Å². The summed E-state index contributed by atoms with van der Waals surface area (Å²) in [4.78, 5) is 35.9. The van der Waals surface area contributed by atoms with Gasteiger partial charge in [0, 0.05) is 43.0 Å². The second-order valence-electron chi connectivity index (χ2n) is 9.77. The lowest BCUT2D eigenvalue weighted by molar-refractivity contribution is -0.138. The Bertz CT molecular complexity index is 1580. The molecule has 3 aromatic rings. The zero-order valence-corrected chi connectivity index (χ0v) is 24.1. The van der Waals surface area contributed by atoms with Crippen molar-refractivity contribution in [2.75, 3.05) is 39.2 Å². The second-order valence-corrected chi connectivity index (χ2v) is 12.0. The molecule has 40 heavy (non-hydrogen) atoms. The van der Waals surface area contributed by atoms with Crippen molar-refractivity contribution in [3.8, 4) is 11.6 Å². The molecule has 1 unspecified atom stereocenters. The van der Waals surface area contributed by atoms with Crippen molar-refractivity contribution >= 4 is 39.1 Å². The summed E-state index contributed by atoms with van der Waals surface area (Å²) in [6.07, 6.45) is 2.62. The van der Waals surface area contributed by atoms with Crippen LogP contribution in [0.1, 0.15) is 24.0 Å². The number of nitrogens with zero attached hydrogens (tertiary/aromatic N) is 4. The molecule has 0 N–H and O–H groups in total. The Hall–Kier alpha value is -3.67. The molecule has 1 saturated heterocycles. The Kier molecular flexibility index (Phi) is 7.24. The maximum Gasteiger partial charge on any atom is 0.271 e. The van der Waals surface area contributed by atoms with Crippen LogP contribution in [0.15, 0.2) is 65.7 Å². The van der Waals surface area contributed by atoms with Crippen LogP contribution in [0.2, 0.25) is 5.02 Å². The van der Waals surface area contributed by atoms with Gasteiger partial charge in [-0.05, 0) is 67.4 Å². The van der Waals surface area contributed by atoms with Crippen molar-refractivity contribution in [1.29, 1.82) is 0 Å². The monoisotopic (exact) mass is 584 g/mol. The van der Waals surface area contributed by atoms with E-state index in [2.05, 4.69) is 4.98 Å². The van der Waals surface area contributed by atoms with Crippen molar-refractivity contribution in [3.63, 3.8) is 0 Å². The molecule has 0 saturated carbocycles. The fourth-order valence-electron chi connectivity index (χ4n) is 5.68. The molecule has 12 heteroatoms. The van der Waals surface area contributed by atoms with Crippen molar-refractivity contribution < 1.29 is 27.5 Å². The summed E-state index contributed by atoms with van der Waals surface area (Å²) in [5.41, 5.74) is -0.991. The molecule has 210 valence electrons. The molecule has 2 aliphatic rings. The fourth-order valence-corrected chi connectivity index (χ4v) is 7.31. The number of likely N-dealkylation sites (N-methyl/N-ethyl adjacent to an activating group) is 1. The number of methoxy groups -OCH3 is 2. The van der Waals surface area contributed by atoms with E-state index in [-0.39, 0.29) is 22.4 Å². The van der Waals surface area contributed by atoms with E-state index in [0.717, 1.165) is 4.31 Å². The van der Waals surface area contributed by atoms with Gasteiger partial charge in [-0.15, -0.1) is 0 Å². The lowest BCUT2D eigenvalue weighted by Crippen LogP contribution is -2.59. The highest BCUT2D eigenvalue weighted by Gasteiger charge is 2.63. The van der Waals surface area contributed by atoms with E-state index in [4.69, 9.17) is 21.1 Å². The van der Waals surface area contributed by atoms with E-state index >= 15 is 0 Å². The molecule has 2 amide bonds. The van der Waals surface area contributed by atoms with E-state index in [1.54, 1.807) is 37.2 Å². The normalized spacial score (nSPS) is 20.9. The SMILES string of the molecule is COc1ccc(S(=O)(=O)N2C(=O)[C@](c3cccnc3OC)(N3CCCC3C(=O)N(C)C)c3cc(Cl)ccc32)cc1. The molecule has 1 fully saturated rings. The van der Waals surface area contributed by atoms with Gasteiger partial charge in [0.05, 0.1) is 30.8 Å². The minimum absolute atomic E-state index is 0.0983. The number of halogens is 1. The van der Waals surface area contributed by atoms with E-state index in [9.17, 15) is 18.0 Å². The summed E-state index contributed by atoms with van der Waals surface area (Å²) in [6.45, 7) is 0.344. The highest BCUT2D eigenvalue weighted by Crippen LogP contribution is 2.54. The number of hydrogen-bond acceptors (Lipinski definition) is 8. The number of fused-ring (bicyclic) bond motifs is 1. The van der Waals surface area contributed by atoms with Gasteiger partial charge in [-0.1, -0.05) is 11.6 Å². The van der Waals surface area contributed by atoms with Crippen LogP contribution >= 0.6 is 11.6 Å². The number of pyridine rings is 1. The zero-order chi connectivity index (χ0) is 28.8. The number of hydrogen-bond donors (Lipinski definition) is 0. The number of rotatable bonds is 7. The summed E-state index contributed by atoms with van der Waals surface area (Å²) < 4.78 is 40.0. The molecular weight excluding hydrogens is 556 g/mol. The number of carbonyl (C=O) groups is 2. The van der Waals surface area contributed by atoms with Crippen LogP contribution < -0.4 is 13.8 Å². The first-order valence-electron chi connectivity index (χ1n) is 12.6. The molecule has 2 aromatic carbocycles. The maximum atomic E-state index is 15.0. The first-order valence-corrected chi connectivity index (χ1v) is 14.4. The molecule has 3 heterocycles. The van der Waals surface area contributed by atoms with Crippen molar-refractivity contribution in [2.45, 2.75) is 29.3 Å². The van der Waals surface area contributed by atoms with E-state index in [0.29, 0.717) is 41.3 Å². The summed E-state index contributed by atoms with van der Waals surface area (Å²) >= 11 is 6.49. The van der Waals surface area contributed by atoms with Crippen LogP contribution in [-0.4, -0.2) is 75.9 Å². The summed E-state index contributed by atoms with van der Waals surface area (Å²) in [6, 6.07) is 13.0.